The van der Waals surface area contributed by atoms with E-state index in [4.69, 9.17) is 66.8 Å². The predicted molar refractivity (Wildman–Crippen MR) is 356 cm³/mol. The number of likely N-dealkylation sites (N-methyl/N-ethyl adjacent to an activating group) is 1. The first-order valence-corrected chi connectivity index (χ1v) is 38.6. The maximum atomic E-state index is 10.4. The number of fused-ring (bicyclic) bond motifs is 2. The van der Waals surface area contributed by atoms with Gasteiger partial charge in [-0.25, -0.2) is 19.9 Å². The number of aromatic nitrogens is 6. The molecule has 2 aromatic carbocycles. The van der Waals surface area contributed by atoms with Crippen LogP contribution in [0.1, 0.15) is 66.5 Å². The number of ether oxygens (including phenoxy) is 5. The van der Waals surface area contributed by atoms with Crippen LogP contribution in [0.15, 0.2) is 47.0 Å². The Morgan fingerprint density at radius 2 is 1.05 bits per heavy atom. The molecule has 0 radical (unpaired) electrons. The van der Waals surface area contributed by atoms with Crippen molar-refractivity contribution >= 4 is 118 Å². The van der Waals surface area contributed by atoms with E-state index < -0.39 is 16.1 Å². The average molecular weight is 1370 g/mol. The minimum atomic E-state index is -1.23. The minimum absolute atomic E-state index is 0. The highest BCUT2D eigenvalue weighted by atomic mass is 79.9. The van der Waals surface area contributed by atoms with Gasteiger partial charge in [-0.1, -0.05) is 157 Å². The van der Waals surface area contributed by atoms with E-state index in [1.54, 1.807) is 37.3 Å². The van der Waals surface area contributed by atoms with Crippen molar-refractivity contribution in [3.05, 3.63) is 57.8 Å². The summed E-state index contributed by atoms with van der Waals surface area (Å²) >= 11 is 19.8. The van der Waals surface area contributed by atoms with Crippen LogP contribution in [0.3, 0.4) is 0 Å². The van der Waals surface area contributed by atoms with Crippen molar-refractivity contribution in [1.82, 2.24) is 38.9 Å². The number of halogens is 4. The molecule has 6 rings (SSSR count). The third-order valence-electron chi connectivity index (χ3n) is 12.7. The maximum absolute atomic E-state index is 10.4. The average Bonchev–Trinajstić information content (AvgIpc) is 4.10. The molecule has 4 aromatic heterocycles. The van der Waals surface area contributed by atoms with E-state index in [2.05, 4.69) is 133 Å². The second kappa shape index (κ2) is 35.1. The van der Waals surface area contributed by atoms with Crippen LogP contribution >= 0.6 is 79.6 Å². The topological polar surface area (TPSA) is 182 Å². The summed E-state index contributed by atoms with van der Waals surface area (Å²) in [4.78, 5) is 23.9. The van der Waals surface area contributed by atoms with Crippen molar-refractivity contribution in [1.29, 1.82) is 10.5 Å². The van der Waals surface area contributed by atoms with E-state index >= 15 is 0 Å². The van der Waals surface area contributed by atoms with Gasteiger partial charge in [-0.15, -0.1) is 17.0 Å². The van der Waals surface area contributed by atoms with Gasteiger partial charge in [0.1, 0.15) is 43.5 Å². The summed E-state index contributed by atoms with van der Waals surface area (Å²) in [6, 6.07) is 13.3. The predicted octanol–water partition coefficient (Wildman–Crippen LogP) is 15.6. The van der Waals surface area contributed by atoms with E-state index in [1.807, 2.05) is 15.2 Å². The highest BCUT2D eigenvalue weighted by molar-refractivity contribution is 9.09. The first-order chi connectivity index (χ1) is 38.4. The molecular formula is C58H86Br2Cl2N10O6S2Si2. The fourth-order valence-electron chi connectivity index (χ4n) is 8.06. The number of methoxy groups -OCH3 is 2. The van der Waals surface area contributed by atoms with E-state index in [1.165, 1.54) is 50.6 Å². The largest absolute Gasteiger partial charge is 0.504 e. The van der Waals surface area contributed by atoms with E-state index in [0.717, 1.165) is 37.1 Å². The van der Waals surface area contributed by atoms with Gasteiger partial charge in [-0.2, -0.15) is 10.5 Å². The number of aromatic hydroxyl groups is 1. The second-order valence-electron chi connectivity index (χ2n) is 22.0. The lowest BCUT2D eigenvalue weighted by molar-refractivity contribution is 0.0897. The number of phenols is 1. The minimum Gasteiger partial charge on any atom is -0.504 e. The molecule has 0 aliphatic carbocycles. The molecule has 0 fully saturated rings. The van der Waals surface area contributed by atoms with Crippen molar-refractivity contribution < 1.29 is 28.8 Å². The number of benzene rings is 2. The van der Waals surface area contributed by atoms with Crippen molar-refractivity contribution in [3.63, 3.8) is 0 Å². The monoisotopic (exact) mass is 1370 g/mol. The van der Waals surface area contributed by atoms with Crippen molar-refractivity contribution in [2.24, 2.45) is 0 Å². The van der Waals surface area contributed by atoms with Gasteiger partial charge >= 0.3 is 0 Å². The van der Waals surface area contributed by atoms with Gasteiger partial charge in [0, 0.05) is 93.9 Å². The van der Waals surface area contributed by atoms with Crippen LogP contribution in [0.5, 0.6) is 23.0 Å². The number of nitrogens with zero attached hydrogens (tertiary/aromatic N) is 10. The third kappa shape index (κ3) is 21.7. The molecular weight excluding hydrogens is 1280 g/mol. The Morgan fingerprint density at radius 1 is 0.634 bits per heavy atom. The molecule has 16 nitrogen and oxygen atoms in total. The Hall–Kier alpha value is -3.63. The number of rotatable bonds is 28. The van der Waals surface area contributed by atoms with Crippen LogP contribution in [0.2, 0.25) is 61.4 Å². The Labute approximate surface area is 527 Å². The van der Waals surface area contributed by atoms with Crippen LogP contribution in [0, 0.1) is 22.7 Å². The Balaban J connectivity index is 0.000000380. The van der Waals surface area contributed by atoms with Gasteiger partial charge in [0.2, 0.25) is 0 Å². The molecule has 0 aliphatic heterocycles. The normalized spacial score (nSPS) is 11.6. The lowest BCUT2D eigenvalue weighted by atomic mass is 10.1. The molecule has 0 saturated carbocycles. The summed E-state index contributed by atoms with van der Waals surface area (Å²) in [6.45, 7) is 39.5. The summed E-state index contributed by atoms with van der Waals surface area (Å²) in [6.07, 6.45) is 3.53. The van der Waals surface area contributed by atoms with Gasteiger partial charge < -0.3 is 47.7 Å². The Morgan fingerprint density at radius 3 is 1.41 bits per heavy atom. The smallest absolute Gasteiger partial charge is 0.190 e. The molecule has 4 heterocycles. The molecule has 0 unspecified atom stereocenters. The first-order valence-electron chi connectivity index (χ1n) is 27.6. The summed E-state index contributed by atoms with van der Waals surface area (Å²) in [7, 11) is 0.614. The maximum Gasteiger partial charge on any atom is 0.190 e. The SMILES string of the molecule is Br.CCN(CC)CCBr.CCN(CC)CCOc1cc(-c2nc(SC(C)C)nc3c2c(C#N)cn3COCC[Si](C)(C)C)c(Cl)cc1OC.COc1cc(Cl)c(-c2nc(SC(C)C)nc3c2c(C#N)cn3COCC[Si](C)(C)C)cc1O. The van der Waals surface area contributed by atoms with Crippen LogP contribution in [-0.2, 0) is 22.9 Å². The number of alkyl halides is 1. The Bertz CT molecular complexity index is 3070. The quantitative estimate of drug-likeness (QED) is 0.0161. The molecule has 0 aliphatic rings. The molecule has 0 atom stereocenters. The summed E-state index contributed by atoms with van der Waals surface area (Å²) in [5.41, 5.74) is 4.37. The standard InChI is InChI=1S/C29H42ClN5O3SSi.C23H29ClN4O3SSi.C6H14BrN.BrH/c1-9-34(10-2)11-12-38-25-15-22(23(30)16-24(25)36-5)27-26-21(17-31)18-35(19-37-13-14-40(6,7)8)28(26)33-29(32-27)39-20(3)4;1-14(2)32-23-26-21(16-9-18(29)19(30-3)10-17(16)24)20-15(11-25)12-28(22(20)27-23)13-31-7-8-33(4,5)6;1-3-8(4-2)6-5-7;/h15-16,18,20H,9-14,19H2,1-8H3;9-10,12,14,29H,7-8,13H2,1-6H3;3-6H2,1-2H3;1H. The number of hydrogen-bond donors (Lipinski definition) is 1. The second-order valence-corrected chi connectivity index (χ2v) is 37.9. The summed E-state index contributed by atoms with van der Waals surface area (Å²) in [5, 5.41) is 35.1. The third-order valence-corrected chi connectivity index (χ3v) is 18.8. The molecule has 452 valence electrons. The molecule has 24 heteroatoms. The zero-order chi connectivity index (χ0) is 60.2. The van der Waals surface area contributed by atoms with E-state index in [-0.39, 0.29) is 45.7 Å². The molecule has 82 heavy (non-hydrogen) atoms. The fourth-order valence-corrected chi connectivity index (χ4v) is 12.0. The molecule has 0 bridgehead atoms. The summed E-state index contributed by atoms with van der Waals surface area (Å²) in [5.74, 6) is 1.32. The van der Waals surface area contributed by atoms with Gasteiger partial charge in [-0.3, -0.25) is 0 Å². The van der Waals surface area contributed by atoms with Gasteiger partial charge in [0.25, 0.3) is 0 Å². The number of nitriles is 2. The number of hydrogen-bond acceptors (Lipinski definition) is 16. The fraction of sp³-hybridized carbons (Fsp3) is 0.552. The van der Waals surface area contributed by atoms with E-state index in [9.17, 15) is 15.6 Å². The van der Waals surface area contributed by atoms with Crippen molar-refractivity contribution in [2.75, 3.05) is 78.6 Å². The van der Waals surface area contributed by atoms with Gasteiger partial charge in [0.05, 0.1) is 57.6 Å². The van der Waals surface area contributed by atoms with Crippen molar-refractivity contribution in [3.8, 4) is 57.7 Å². The molecule has 6 aromatic rings. The Kier molecular flexibility index (Phi) is 31.1. The highest BCUT2D eigenvalue weighted by Gasteiger charge is 2.25. The molecule has 1 N–H and O–H groups in total. The molecule has 0 saturated heterocycles. The zero-order valence-corrected chi connectivity index (χ0v) is 59.3. The lowest BCUT2D eigenvalue weighted by Crippen LogP contribution is -2.27. The zero-order valence-electron chi connectivity index (χ0n) is 50.8. The highest BCUT2D eigenvalue weighted by Crippen LogP contribution is 2.43. The van der Waals surface area contributed by atoms with E-state index in [0.29, 0.717) is 114 Å². The first kappa shape index (κ1) is 72.6. The number of thioether (sulfide) groups is 2. The van der Waals surface area contributed by atoms with Gasteiger partial charge in [-0.05, 0) is 50.4 Å². The summed E-state index contributed by atoms with van der Waals surface area (Å²) < 4.78 is 32.6. The van der Waals surface area contributed by atoms with Crippen LogP contribution < -0.4 is 14.2 Å². The van der Waals surface area contributed by atoms with Crippen molar-refractivity contribution in [2.45, 2.75) is 141 Å². The lowest BCUT2D eigenvalue weighted by Gasteiger charge is -2.19. The van der Waals surface area contributed by atoms with Crippen LogP contribution in [0.25, 0.3) is 44.6 Å². The van der Waals surface area contributed by atoms with Crippen LogP contribution in [-0.4, -0.2) is 149 Å². The number of phenolic OH excluding ortho intramolecular Hbond substituents is 1. The van der Waals surface area contributed by atoms with Crippen LogP contribution in [0.4, 0.5) is 0 Å². The molecule has 0 spiro atoms. The van der Waals surface area contributed by atoms with Gasteiger partial charge in [0.15, 0.2) is 33.3 Å². The molecule has 0 amide bonds.